The lowest BCUT2D eigenvalue weighted by Crippen LogP contribution is -2.13. The zero-order valence-electron chi connectivity index (χ0n) is 15.9. The van der Waals surface area contributed by atoms with Crippen molar-refractivity contribution in [2.45, 2.75) is 0 Å². The summed E-state index contributed by atoms with van der Waals surface area (Å²) < 4.78 is 4.97. The van der Waals surface area contributed by atoms with Gasteiger partial charge in [-0.25, -0.2) is 19.2 Å². The second kappa shape index (κ2) is 7.72. The number of rotatable bonds is 4. The van der Waals surface area contributed by atoms with Crippen molar-refractivity contribution < 1.29 is 34.1 Å². The molecule has 0 unspecified atom stereocenters. The molecule has 0 aliphatic carbocycles. The van der Waals surface area contributed by atoms with Gasteiger partial charge in [0.1, 0.15) is 0 Å². The highest BCUT2D eigenvalue weighted by Crippen LogP contribution is 2.21. The molecule has 0 aliphatic rings. The number of aromatic carboxylic acids is 2. The van der Waals surface area contributed by atoms with Gasteiger partial charge in [-0.15, -0.1) is 0 Å². The van der Waals surface area contributed by atoms with Crippen molar-refractivity contribution in [3.63, 3.8) is 0 Å². The van der Waals surface area contributed by atoms with Crippen LogP contribution in [-0.2, 0) is 4.74 Å². The molecule has 0 bridgehead atoms. The molecule has 0 aliphatic heterocycles. The van der Waals surface area contributed by atoms with Gasteiger partial charge in [0.05, 0.1) is 22.3 Å². The summed E-state index contributed by atoms with van der Waals surface area (Å²) in [7, 11) is 0. The number of ether oxygens (including phenoxy) is 1. The molecule has 152 valence electrons. The molecular formula is C24H14O7. The van der Waals surface area contributed by atoms with Crippen molar-refractivity contribution in [3.05, 3.63) is 95.1 Å². The van der Waals surface area contributed by atoms with Crippen LogP contribution in [0.1, 0.15) is 41.4 Å². The Bertz CT molecular complexity index is 1290. The van der Waals surface area contributed by atoms with Crippen molar-refractivity contribution in [3.8, 4) is 0 Å². The largest absolute Gasteiger partial charge is 0.478 e. The lowest BCUT2D eigenvalue weighted by molar-refractivity contribution is 0.0397. The highest BCUT2D eigenvalue weighted by molar-refractivity contribution is 6.06. The first-order valence-electron chi connectivity index (χ1n) is 9.12. The summed E-state index contributed by atoms with van der Waals surface area (Å²) in [5.74, 6) is -3.95. The third kappa shape index (κ3) is 3.97. The van der Waals surface area contributed by atoms with Gasteiger partial charge >= 0.3 is 23.9 Å². The Labute approximate surface area is 175 Å². The van der Waals surface area contributed by atoms with Crippen molar-refractivity contribution >= 4 is 45.4 Å². The van der Waals surface area contributed by atoms with Crippen LogP contribution in [0.2, 0.25) is 0 Å². The van der Waals surface area contributed by atoms with Crippen LogP contribution >= 0.6 is 0 Å². The Morgan fingerprint density at radius 3 is 1.16 bits per heavy atom. The fraction of sp³-hybridized carbons (Fsp3) is 0. The minimum absolute atomic E-state index is 0.0750. The average molecular weight is 414 g/mol. The van der Waals surface area contributed by atoms with Gasteiger partial charge in [0.15, 0.2) is 0 Å². The maximum absolute atomic E-state index is 12.5. The third-order valence-electron chi connectivity index (χ3n) is 4.83. The van der Waals surface area contributed by atoms with Crippen LogP contribution in [-0.4, -0.2) is 34.1 Å². The molecule has 2 N–H and O–H groups in total. The minimum atomic E-state index is -1.09. The molecular weight excluding hydrogens is 400 g/mol. The monoisotopic (exact) mass is 414 g/mol. The first-order valence-corrected chi connectivity index (χ1v) is 9.12. The fourth-order valence-corrected chi connectivity index (χ4v) is 3.22. The molecule has 0 saturated carbocycles. The standard InChI is InChI=1S/C24H14O7/c25-21(26)15-5-1-13-3-7-17(11-19(13)9-15)23(29)31-24(30)18-8-4-14-2-6-16(22(27)28)10-20(14)12-18/h1-12H,(H,25,26)(H,27,28). The van der Waals surface area contributed by atoms with Gasteiger partial charge in [0.2, 0.25) is 0 Å². The van der Waals surface area contributed by atoms with Crippen molar-refractivity contribution in [2.75, 3.05) is 0 Å². The van der Waals surface area contributed by atoms with Crippen LogP contribution in [0.25, 0.3) is 21.5 Å². The van der Waals surface area contributed by atoms with E-state index in [1.807, 2.05) is 0 Å². The molecule has 7 nitrogen and oxygen atoms in total. The van der Waals surface area contributed by atoms with E-state index in [2.05, 4.69) is 0 Å². The lowest BCUT2D eigenvalue weighted by Gasteiger charge is -2.07. The van der Waals surface area contributed by atoms with Gasteiger partial charge < -0.3 is 14.9 Å². The second-order valence-corrected chi connectivity index (χ2v) is 6.84. The maximum atomic E-state index is 12.5. The molecule has 0 atom stereocenters. The summed E-state index contributed by atoms with van der Waals surface area (Å²) >= 11 is 0. The van der Waals surface area contributed by atoms with Crippen LogP contribution in [0.4, 0.5) is 0 Å². The number of fused-ring (bicyclic) bond motifs is 2. The predicted molar refractivity (Wildman–Crippen MR) is 112 cm³/mol. The first-order chi connectivity index (χ1) is 14.8. The lowest BCUT2D eigenvalue weighted by atomic mass is 10.0. The van der Waals surface area contributed by atoms with Crippen LogP contribution in [0.3, 0.4) is 0 Å². The van der Waals surface area contributed by atoms with Gasteiger partial charge in [-0.1, -0.05) is 24.3 Å². The van der Waals surface area contributed by atoms with Gasteiger partial charge in [-0.05, 0) is 70.1 Å². The smallest absolute Gasteiger partial charge is 0.346 e. The van der Waals surface area contributed by atoms with E-state index >= 15 is 0 Å². The molecule has 0 saturated heterocycles. The van der Waals surface area contributed by atoms with E-state index in [9.17, 15) is 19.2 Å². The number of hydrogen-bond donors (Lipinski definition) is 2. The molecule has 31 heavy (non-hydrogen) atoms. The Morgan fingerprint density at radius 2 is 0.806 bits per heavy atom. The topological polar surface area (TPSA) is 118 Å². The Kier molecular flexibility index (Phi) is 4.92. The molecule has 0 fully saturated rings. The number of carbonyl (C=O) groups excluding carboxylic acids is 2. The first kappa shape index (κ1) is 19.8. The molecule has 4 aromatic rings. The minimum Gasteiger partial charge on any atom is -0.478 e. The Morgan fingerprint density at radius 1 is 0.484 bits per heavy atom. The molecule has 4 rings (SSSR count). The average Bonchev–Trinajstić information content (AvgIpc) is 2.77. The van der Waals surface area contributed by atoms with Gasteiger partial charge in [0.25, 0.3) is 0 Å². The van der Waals surface area contributed by atoms with Crippen molar-refractivity contribution in [1.82, 2.24) is 0 Å². The number of carboxylic acid groups (broad SMARTS) is 2. The number of carbonyl (C=O) groups is 4. The summed E-state index contributed by atoms with van der Waals surface area (Å²) in [4.78, 5) is 47.2. The van der Waals surface area contributed by atoms with Gasteiger partial charge in [-0.2, -0.15) is 0 Å². The molecule has 0 amide bonds. The van der Waals surface area contributed by atoms with Gasteiger partial charge in [-0.3, -0.25) is 0 Å². The normalized spacial score (nSPS) is 10.7. The quantitative estimate of drug-likeness (QED) is 0.376. The van der Waals surface area contributed by atoms with Crippen LogP contribution in [0.15, 0.2) is 72.8 Å². The summed E-state index contributed by atoms with van der Waals surface area (Å²) in [6.07, 6.45) is 0. The number of esters is 2. The zero-order chi connectivity index (χ0) is 22.1. The van der Waals surface area contributed by atoms with E-state index in [0.29, 0.717) is 10.8 Å². The molecule has 4 aromatic carbocycles. The molecule has 0 spiro atoms. The van der Waals surface area contributed by atoms with Crippen LogP contribution in [0, 0.1) is 0 Å². The Balaban J connectivity index is 1.59. The van der Waals surface area contributed by atoms with Crippen molar-refractivity contribution in [2.24, 2.45) is 0 Å². The van der Waals surface area contributed by atoms with Crippen molar-refractivity contribution in [1.29, 1.82) is 0 Å². The second-order valence-electron chi connectivity index (χ2n) is 6.84. The molecule has 0 heterocycles. The SMILES string of the molecule is O=C(O)c1ccc2ccc(C(=O)OC(=O)c3ccc4ccc(C(=O)O)cc4c3)cc2c1. The van der Waals surface area contributed by atoms with Crippen LogP contribution < -0.4 is 0 Å². The van der Waals surface area contributed by atoms with E-state index in [-0.39, 0.29) is 22.3 Å². The van der Waals surface area contributed by atoms with Crippen LogP contribution in [0.5, 0.6) is 0 Å². The number of benzene rings is 4. The fourth-order valence-electron chi connectivity index (χ4n) is 3.22. The molecule has 7 heteroatoms. The Hall–Kier alpha value is -4.52. The van der Waals surface area contributed by atoms with E-state index in [4.69, 9.17) is 14.9 Å². The summed E-state index contributed by atoms with van der Waals surface area (Å²) in [5, 5.41) is 20.8. The number of hydrogen-bond acceptors (Lipinski definition) is 5. The molecule has 0 radical (unpaired) electrons. The molecule has 0 aromatic heterocycles. The van der Waals surface area contributed by atoms with Gasteiger partial charge in [0, 0.05) is 0 Å². The van der Waals surface area contributed by atoms with E-state index < -0.39 is 23.9 Å². The van der Waals surface area contributed by atoms with E-state index in [0.717, 1.165) is 10.8 Å². The zero-order valence-corrected chi connectivity index (χ0v) is 15.9. The summed E-state index contributed by atoms with van der Waals surface area (Å²) in [6.45, 7) is 0. The van der Waals surface area contributed by atoms with E-state index in [1.165, 1.54) is 48.5 Å². The predicted octanol–water partition coefficient (Wildman–Crippen LogP) is 4.39. The number of carboxylic acids is 2. The summed E-state index contributed by atoms with van der Waals surface area (Å²) in [5.41, 5.74) is 0.339. The maximum Gasteiger partial charge on any atom is 0.346 e. The summed E-state index contributed by atoms with van der Waals surface area (Å²) in [6, 6.07) is 18.2. The highest BCUT2D eigenvalue weighted by Gasteiger charge is 2.16. The third-order valence-corrected chi connectivity index (χ3v) is 4.83. The highest BCUT2D eigenvalue weighted by atomic mass is 16.6. The van der Waals surface area contributed by atoms with E-state index in [1.54, 1.807) is 24.3 Å².